The van der Waals surface area contributed by atoms with Crippen LogP contribution in [0.25, 0.3) is 22.2 Å². The van der Waals surface area contributed by atoms with Gasteiger partial charge in [0.05, 0.1) is 31.3 Å². The molecule has 1 unspecified atom stereocenters. The molecule has 0 spiro atoms. The molecule has 1 aromatic heterocycles. The molecule has 3 heterocycles. The molecular formula is C30H22N2O3. The van der Waals surface area contributed by atoms with Crippen molar-refractivity contribution in [3.05, 3.63) is 108 Å². The quantitative estimate of drug-likeness (QED) is 0.338. The van der Waals surface area contributed by atoms with Gasteiger partial charge in [0.2, 0.25) is 0 Å². The molecular weight excluding hydrogens is 436 g/mol. The van der Waals surface area contributed by atoms with Crippen LogP contribution in [-0.2, 0) is 5.54 Å². The molecule has 170 valence electrons. The van der Waals surface area contributed by atoms with Crippen molar-refractivity contribution in [3.63, 3.8) is 0 Å². The van der Waals surface area contributed by atoms with Crippen LogP contribution in [0.1, 0.15) is 21.5 Å². The molecule has 0 bridgehead atoms. The monoisotopic (exact) mass is 458 g/mol. The Labute approximate surface area is 202 Å². The third-order valence-electron chi connectivity index (χ3n) is 7.33. The summed E-state index contributed by atoms with van der Waals surface area (Å²) in [5.74, 6) is 1.43. The van der Waals surface area contributed by atoms with Crippen LogP contribution >= 0.6 is 0 Å². The second-order valence-corrected chi connectivity index (χ2v) is 8.93. The van der Waals surface area contributed by atoms with Gasteiger partial charge in [0, 0.05) is 27.6 Å². The van der Waals surface area contributed by atoms with Crippen LogP contribution in [0.15, 0.2) is 91.0 Å². The number of rotatable bonds is 3. The third-order valence-corrected chi connectivity index (χ3v) is 7.33. The Morgan fingerprint density at radius 1 is 0.743 bits per heavy atom. The number of hydrogen-bond donors (Lipinski definition) is 1. The van der Waals surface area contributed by atoms with Crippen molar-refractivity contribution in [2.75, 3.05) is 19.1 Å². The van der Waals surface area contributed by atoms with E-state index in [2.05, 4.69) is 22.0 Å². The zero-order valence-corrected chi connectivity index (χ0v) is 19.3. The summed E-state index contributed by atoms with van der Waals surface area (Å²) in [6.07, 6.45) is 0. The van der Waals surface area contributed by atoms with Crippen molar-refractivity contribution in [2.45, 2.75) is 5.54 Å². The molecule has 7 rings (SSSR count). The lowest BCUT2D eigenvalue weighted by molar-refractivity contribution is 0.0931. The first-order chi connectivity index (χ1) is 17.2. The molecule has 0 aliphatic carbocycles. The summed E-state index contributed by atoms with van der Waals surface area (Å²) in [6, 6.07) is 30.1. The average Bonchev–Trinajstić information content (AvgIpc) is 3.43. The smallest absolute Gasteiger partial charge is 0.200 e. The number of benzene rings is 4. The number of ketones is 1. The van der Waals surface area contributed by atoms with Crippen LogP contribution in [0.5, 0.6) is 11.5 Å². The fraction of sp³-hybridized carbons (Fsp3) is 0.100. The largest absolute Gasteiger partial charge is 0.497 e. The van der Waals surface area contributed by atoms with Crippen LogP contribution in [0.2, 0.25) is 0 Å². The normalized spacial score (nSPS) is 17.5. The van der Waals surface area contributed by atoms with Crippen LogP contribution < -0.4 is 14.4 Å². The van der Waals surface area contributed by atoms with E-state index >= 15 is 0 Å². The van der Waals surface area contributed by atoms with E-state index in [0.29, 0.717) is 11.3 Å². The predicted molar refractivity (Wildman–Crippen MR) is 137 cm³/mol. The fourth-order valence-electron chi connectivity index (χ4n) is 5.87. The summed E-state index contributed by atoms with van der Waals surface area (Å²) >= 11 is 0. The number of fused-ring (bicyclic) bond motifs is 10. The summed E-state index contributed by atoms with van der Waals surface area (Å²) in [7, 11) is 3.29. The maximum absolute atomic E-state index is 14.7. The topological polar surface area (TPSA) is 54.6 Å². The highest BCUT2D eigenvalue weighted by Crippen LogP contribution is 2.61. The van der Waals surface area contributed by atoms with Gasteiger partial charge < -0.3 is 19.4 Å². The average molecular weight is 459 g/mol. The van der Waals surface area contributed by atoms with Crippen molar-refractivity contribution < 1.29 is 14.3 Å². The number of aromatic amines is 1. The van der Waals surface area contributed by atoms with Crippen molar-refractivity contribution in [1.29, 1.82) is 0 Å². The minimum absolute atomic E-state index is 0.0251. The van der Waals surface area contributed by atoms with E-state index in [1.54, 1.807) is 14.2 Å². The number of ether oxygens (including phenoxy) is 2. The standard InChI is InChI=1S/C30H22N2O3/c1-34-19-12-14-24-22(16-19)27-28(31-24)21-10-6-7-11-25(21)32-26-15-13-20(35-2)17-23(26)29(33)30(27,32)18-8-4-3-5-9-18/h3-17,31H,1-2H3. The lowest BCUT2D eigenvalue weighted by atomic mass is 9.74. The van der Waals surface area contributed by atoms with Crippen molar-refractivity contribution in [2.24, 2.45) is 0 Å². The van der Waals surface area contributed by atoms with E-state index in [1.165, 1.54) is 0 Å². The van der Waals surface area contributed by atoms with Gasteiger partial charge in [-0.05, 0) is 48.0 Å². The molecule has 35 heavy (non-hydrogen) atoms. The lowest BCUT2D eigenvalue weighted by Crippen LogP contribution is -2.48. The molecule has 2 aliphatic rings. The summed E-state index contributed by atoms with van der Waals surface area (Å²) in [6.45, 7) is 0. The maximum atomic E-state index is 14.7. The van der Waals surface area contributed by atoms with E-state index in [-0.39, 0.29) is 5.78 Å². The van der Waals surface area contributed by atoms with Gasteiger partial charge in [0.1, 0.15) is 11.5 Å². The number of Topliss-reactive ketones (excluding diaryl/α,β-unsaturated/α-hetero) is 1. The number of carbonyl (C=O) groups excluding carboxylic acids is 1. The molecule has 1 atom stereocenters. The van der Waals surface area contributed by atoms with Crippen LogP contribution in [0, 0.1) is 0 Å². The molecule has 4 aromatic carbocycles. The second kappa shape index (κ2) is 7.00. The number of aromatic nitrogens is 1. The van der Waals surface area contributed by atoms with Crippen molar-refractivity contribution in [1.82, 2.24) is 4.98 Å². The Balaban J connectivity index is 1.70. The van der Waals surface area contributed by atoms with Crippen LogP contribution in [-0.4, -0.2) is 25.0 Å². The molecule has 5 aromatic rings. The molecule has 0 fully saturated rings. The summed E-state index contributed by atoms with van der Waals surface area (Å²) in [5, 5.41) is 0.968. The Kier molecular flexibility index (Phi) is 3.98. The second-order valence-electron chi connectivity index (χ2n) is 8.93. The number of H-pyrrole nitrogens is 1. The Bertz CT molecular complexity index is 1650. The van der Waals surface area contributed by atoms with Gasteiger partial charge in [-0.15, -0.1) is 0 Å². The first kappa shape index (κ1) is 19.9. The first-order valence-corrected chi connectivity index (χ1v) is 11.6. The molecule has 0 saturated heterocycles. The Morgan fingerprint density at radius 3 is 2.23 bits per heavy atom. The maximum Gasteiger partial charge on any atom is 0.200 e. The Hall–Kier alpha value is -4.51. The highest BCUT2D eigenvalue weighted by Gasteiger charge is 2.59. The molecule has 2 aliphatic heterocycles. The Morgan fingerprint density at radius 2 is 1.43 bits per heavy atom. The summed E-state index contributed by atoms with van der Waals surface area (Å²) in [5.41, 5.74) is 6.25. The number of hydrogen-bond acceptors (Lipinski definition) is 4. The molecule has 0 saturated carbocycles. The van der Waals surface area contributed by atoms with E-state index in [9.17, 15) is 4.79 Å². The molecule has 5 nitrogen and oxygen atoms in total. The number of anilines is 2. The molecule has 0 amide bonds. The highest BCUT2D eigenvalue weighted by molar-refractivity contribution is 6.23. The number of carbonyl (C=O) groups is 1. The van der Waals surface area contributed by atoms with Gasteiger partial charge in [-0.25, -0.2) is 0 Å². The number of para-hydroxylation sites is 1. The third kappa shape index (κ3) is 2.39. The molecule has 1 N–H and O–H groups in total. The van der Waals surface area contributed by atoms with Gasteiger partial charge in [-0.1, -0.05) is 48.5 Å². The van der Waals surface area contributed by atoms with Crippen LogP contribution in [0.4, 0.5) is 11.4 Å². The summed E-state index contributed by atoms with van der Waals surface area (Å²) in [4.78, 5) is 20.6. The van der Waals surface area contributed by atoms with Gasteiger partial charge in [0.15, 0.2) is 11.3 Å². The first-order valence-electron chi connectivity index (χ1n) is 11.6. The fourth-order valence-corrected chi connectivity index (χ4v) is 5.87. The predicted octanol–water partition coefficient (Wildman–Crippen LogP) is 6.44. The van der Waals surface area contributed by atoms with E-state index in [1.807, 2.05) is 78.9 Å². The molecule has 0 radical (unpaired) electrons. The van der Waals surface area contributed by atoms with E-state index in [4.69, 9.17) is 9.47 Å². The van der Waals surface area contributed by atoms with Crippen LogP contribution in [0.3, 0.4) is 0 Å². The van der Waals surface area contributed by atoms with Gasteiger partial charge in [0.25, 0.3) is 0 Å². The SMILES string of the molecule is COc1ccc2c(c1)C(=O)C1(c3ccccc3)c3c([nH]c4ccc(OC)cc34)-c3ccccc3N21. The lowest BCUT2D eigenvalue weighted by Gasteiger charge is -2.44. The summed E-state index contributed by atoms with van der Waals surface area (Å²) < 4.78 is 11.1. The van der Waals surface area contributed by atoms with Crippen molar-refractivity contribution in [3.8, 4) is 22.8 Å². The number of nitrogens with zero attached hydrogens (tertiary/aromatic N) is 1. The number of nitrogens with one attached hydrogen (secondary N) is 1. The van der Waals surface area contributed by atoms with E-state index < -0.39 is 5.54 Å². The zero-order valence-electron chi connectivity index (χ0n) is 19.3. The minimum atomic E-state index is -1.08. The van der Waals surface area contributed by atoms with Gasteiger partial charge in [-0.3, -0.25) is 4.79 Å². The number of methoxy groups -OCH3 is 2. The van der Waals surface area contributed by atoms with Crippen molar-refractivity contribution >= 4 is 28.1 Å². The highest BCUT2D eigenvalue weighted by atomic mass is 16.5. The van der Waals surface area contributed by atoms with Gasteiger partial charge in [-0.2, -0.15) is 0 Å². The van der Waals surface area contributed by atoms with E-state index in [0.717, 1.165) is 50.4 Å². The zero-order chi connectivity index (χ0) is 23.7. The minimum Gasteiger partial charge on any atom is -0.497 e. The van der Waals surface area contributed by atoms with Gasteiger partial charge >= 0.3 is 0 Å². The molecule has 5 heteroatoms.